The highest BCUT2D eigenvalue weighted by Gasteiger charge is 2.29. The molecule has 0 saturated carbocycles. The molecule has 1 aromatic carbocycles. The molecule has 0 aliphatic carbocycles. The monoisotopic (exact) mass is 269 g/mol. The van der Waals surface area contributed by atoms with Gasteiger partial charge in [0.2, 0.25) is 0 Å². The van der Waals surface area contributed by atoms with Crippen LogP contribution in [0.25, 0.3) is 0 Å². The van der Waals surface area contributed by atoms with Gasteiger partial charge in [0, 0.05) is 18.4 Å². The lowest BCUT2D eigenvalue weighted by Crippen LogP contribution is -2.24. The highest BCUT2D eigenvalue weighted by Crippen LogP contribution is 2.31. The van der Waals surface area contributed by atoms with Gasteiger partial charge in [-0.25, -0.2) is 9.97 Å². The molecule has 0 bridgehead atoms. The lowest BCUT2D eigenvalue weighted by molar-refractivity contribution is 0.107. The number of nitrogens with zero attached hydrogens (tertiary/aromatic N) is 2. The van der Waals surface area contributed by atoms with Crippen molar-refractivity contribution >= 4 is 5.82 Å². The van der Waals surface area contributed by atoms with E-state index in [2.05, 4.69) is 27.4 Å². The van der Waals surface area contributed by atoms with E-state index in [-0.39, 0.29) is 12.1 Å². The van der Waals surface area contributed by atoms with Crippen LogP contribution in [0.4, 0.5) is 5.82 Å². The standard InChI is InChI=1S/C16H19N3O/c1-11-10-15(18-12(2)17-11)19-14-8-9-20-16(14)13-6-4-3-5-7-13/h3-7,10,14,16H,8-9H2,1-2H3,(H,17,18,19)/t14-,16-/m1/s1. The van der Waals surface area contributed by atoms with Gasteiger partial charge in [-0.15, -0.1) is 0 Å². The molecular formula is C16H19N3O. The Hall–Kier alpha value is -1.94. The van der Waals surface area contributed by atoms with Gasteiger partial charge >= 0.3 is 0 Å². The molecule has 1 aliphatic heterocycles. The van der Waals surface area contributed by atoms with Crippen molar-refractivity contribution < 1.29 is 4.74 Å². The normalized spacial score (nSPS) is 21.9. The van der Waals surface area contributed by atoms with E-state index in [1.165, 1.54) is 5.56 Å². The van der Waals surface area contributed by atoms with Crippen molar-refractivity contribution in [2.75, 3.05) is 11.9 Å². The molecule has 1 saturated heterocycles. The van der Waals surface area contributed by atoms with Gasteiger partial charge in [-0.05, 0) is 25.8 Å². The summed E-state index contributed by atoms with van der Waals surface area (Å²) in [5.41, 5.74) is 2.19. The van der Waals surface area contributed by atoms with Crippen molar-refractivity contribution in [2.45, 2.75) is 32.4 Å². The van der Waals surface area contributed by atoms with Gasteiger partial charge < -0.3 is 10.1 Å². The van der Waals surface area contributed by atoms with E-state index < -0.39 is 0 Å². The molecule has 2 aromatic rings. The van der Waals surface area contributed by atoms with Gasteiger partial charge in [-0.2, -0.15) is 0 Å². The molecule has 3 rings (SSSR count). The zero-order chi connectivity index (χ0) is 13.9. The van der Waals surface area contributed by atoms with E-state index in [1.54, 1.807) is 0 Å². The second-order valence-corrected chi connectivity index (χ2v) is 5.18. The third-order valence-electron chi connectivity index (χ3n) is 3.52. The Balaban J connectivity index is 1.79. The number of benzene rings is 1. The molecule has 1 fully saturated rings. The maximum atomic E-state index is 5.88. The van der Waals surface area contributed by atoms with Gasteiger partial charge in [-0.3, -0.25) is 0 Å². The van der Waals surface area contributed by atoms with Crippen molar-refractivity contribution in [1.82, 2.24) is 9.97 Å². The molecule has 2 atom stereocenters. The summed E-state index contributed by atoms with van der Waals surface area (Å²) < 4.78 is 5.88. The minimum Gasteiger partial charge on any atom is -0.371 e. The Bertz CT molecular complexity index is 565. The fraction of sp³-hybridized carbons (Fsp3) is 0.375. The topological polar surface area (TPSA) is 47.0 Å². The Morgan fingerprint density at radius 2 is 1.95 bits per heavy atom. The Labute approximate surface area is 119 Å². The second-order valence-electron chi connectivity index (χ2n) is 5.18. The molecule has 0 spiro atoms. The summed E-state index contributed by atoms with van der Waals surface area (Å²) in [6, 6.07) is 12.6. The van der Waals surface area contributed by atoms with E-state index in [9.17, 15) is 0 Å². The average molecular weight is 269 g/mol. The van der Waals surface area contributed by atoms with E-state index in [1.807, 2.05) is 38.1 Å². The van der Waals surface area contributed by atoms with Crippen LogP contribution in [0.15, 0.2) is 36.4 Å². The lowest BCUT2D eigenvalue weighted by atomic mass is 10.0. The summed E-state index contributed by atoms with van der Waals surface area (Å²) in [5.74, 6) is 1.68. The van der Waals surface area contributed by atoms with Crippen molar-refractivity contribution in [2.24, 2.45) is 0 Å². The SMILES string of the molecule is Cc1cc(N[C@@H]2CCO[C@@H]2c2ccccc2)nc(C)n1. The van der Waals surface area contributed by atoms with Crippen LogP contribution in [0.3, 0.4) is 0 Å². The van der Waals surface area contributed by atoms with Crippen molar-refractivity contribution in [3.63, 3.8) is 0 Å². The van der Waals surface area contributed by atoms with Crippen LogP contribution in [0, 0.1) is 13.8 Å². The van der Waals surface area contributed by atoms with Crippen molar-refractivity contribution in [1.29, 1.82) is 0 Å². The molecule has 0 radical (unpaired) electrons. The highest BCUT2D eigenvalue weighted by molar-refractivity contribution is 5.38. The molecule has 20 heavy (non-hydrogen) atoms. The molecule has 1 aromatic heterocycles. The van der Waals surface area contributed by atoms with Gasteiger partial charge in [0.1, 0.15) is 17.7 Å². The Kier molecular flexibility index (Phi) is 3.65. The molecule has 0 unspecified atom stereocenters. The molecular weight excluding hydrogens is 250 g/mol. The third kappa shape index (κ3) is 2.80. The lowest BCUT2D eigenvalue weighted by Gasteiger charge is -2.21. The van der Waals surface area contributed by atoms with Gasteiger partial charge in [0.25, 0.3) is 0 Å². The van der Waals surface area contributed by atoms with Crippen LogP contribution in [0.1, 0.15) is 29.6 Å². The first kappa shape index (κ1) is 13.1. The van der Waals surface area contributed by atoms with Gasteiger partial charge in [-0.1, -0.05) is 30.3 Å². The quantitative estimate of drug-likeness (QED) is 0.930. The third-order valence-corrected chi connectivity index (χ3v) is 3.52. The van der Waals surface area contributed by atoms with Crippen LogP contribution in [-0.2, 0) is 4.74 Å². The van der Waals surface area contributed by atoms with E-state index in [0.29, 0.717) is 0 Å². The summed E-state index contributed by atoms with van der Waals surface area (Å²) in [4.78, 5) is 8.75. The molecule has 4 heteroatoms. The van der Waals surface area contributed by atoms with Crippen molar-refractivity contribution in [3.8, 4) is 0 Å². The fourth-order valence-electron chi connectivity index (χ4n) is 2.69. The Morgan fingerprint density at radius 3 is 2.70 bits per heavy atom. The summed E-state index contributed by atoms with van der Waals surface area (Å²) in [5, 5.41) is 3.49. The number of hydrogen-bond donors (Lipinski definition) is 1. The molecule has 1 aliphatic rings. The number of aryl methyl sites for hydroxylation is 2. The largest absolute Gasteiger partial charge is 0.371 e. The van der Waals surface area contributed by atoms with Crippen LogP contribution in [0.2, 0.25) is 0 Å². The second kappa shape index (κ2) is 5.59. The highest BCUT2D eigenvalue weighted by atomic mass is 16.5. The zero-order valence-corrected chi connectivity index (χ0v) is 11.8. The van der Waals surface area contributed by atoms with E-state index in [0.717, 1.165) is 30.4 Å². The van der Waals surface area contributed by atoms with Gasteiger partial charge in [0.15, 0.2) is 0 Å². The summed E-state index contributed by atoms with van der Waals surface area (Å²) in [6.07, 6.45) is 1.08. The van der Waals surface area contributed by atoms with E-state index >= 15 is 0 Å². The van der Waals surface area contributed by atoms with Gasteiger partial charge in [0.05, 0.1) is 6.04 Å². The number of rotatable bonds is 3. The first-order valence-corrected chi connectivity index (χ1v) is 6.98. The molecule has 0 amide bonds. The first-order chi connectivity index (χ1) is 9.72. The number of nitrogens with one attached hydrogen (secondary N) is 1. The van der Waals surface area contributed by atoms with Crippen LogP contribution >= 0.6 is 0 Å². The maximum absolute atomic E-state index is 5.88. The first-order valence-electron chi connectivity index (χ1n) is 6.98. The number of aromatic nitrogens is 2. The van der Waals surface area contributed by atoms with Crippen LogP contribution in [0.5, 0.6) is 0 Å². The number of hydrogen-bond acceptors (Lipinski definition) is 4. The fourth-order valence-corrected chi connectivity index (χ4v) is 2.69. The molecule has 4 nitrogen and oxygen atoms in total. The van der Waals surface area contributed by atoms with E-state index in [4.69, 9.17) is 4.74 Å². The predicted octanol–water partition coefficient (Wildman–Crippen LogP) is 3.04. The Morgan fingerprint density at radius 1 is 1.15 bits per heavy atom. The van der Waals surface area contributed by atoms with Crippen LogP contribution in [-0.4, -0.2) is 22.6 Å². The molecule has 1 N–H and O–H groups in total. The molecule has 104 valence electrons. The maximum Gasteiger partial charge on any atom is 0.130 e. The van der Waals surface area contributed by atoms with Crippen LogP contribution < -0.4 is 5.32 Å². The minimum atomic E-state index is 0.0896. The zero-order valence-electron chi connectivity index (χ0n) is 11.8. The smallest absolute Gasteiger partial charge is 0.130 e. The summed E-state index contributed by atoms with van der Waals surface area (Å²) >= 11 is 0. The summed E-state index contributed by atoms with van der Waals surface area (Å²) in [6.45, 7) is 4.68. The average Bonchev–Trinajstić information content (AvgIpc) is 2.86. The minimum absolute atomic E-state index is 0.0896. The molecule has 2 heterocycles. The summed E-state index contributed by atoms with van der Waals surface area (Å²) in [7, 11) is 0. The predicted molar refractivity (Wildman–Crippen MR) is 78.7 cm³/mol. The number of ether oxygens (including phenoxy) is 1. The van der Waals surface area contributed by atoms with Crippen molar-refractivity contribution in [3.05, 3.63) is 53.5 Å². The number of anilines is 1.